The van der Waals surface area contributed by atoms with Gasteiger partial charge < -0.3 is 10.1 Å². The van der Waals surface area contributed by atoms with Crippen LogP contribution < -0.4 is 10.1 Å². The first-order chi connectivity index (χ1) is 10.7. The fourth-order valence-corrected chi connectivity index (χ4v) is 3.10. The molecule has 0 aliphatic heterocycles. The number of pyridine rings is 1. The van der Waals surface area contributed by atoms with Gasteiger partial charge in [0.2, 0.25) is 5.88 Å². The van der Waals surface area contributed by atoms with E-state index in [0.717, 1.165) is 37.4 Å². The van der Waals surface area contributed by atoms with Gasteiger partial charge in [0, 0.05) is 18.3 Å². The molecule has 0 radical (unpaired) electrons. The third kappa shape index (κ3) is 3.69. The van der Waals surface area contributed by atoms with Crippen LogP contribution in [0.1, 0.15) is 33.1 Å². The van der Waals surface area contributed by atoms with E-state index in [1.54, 1.807) is 0 Å². The number of aromatic nitrogens is 2. The number of unbranched alkanes of at least 4 members (excludes halogenated alkanes) is 1. The standard InChI is InChI=1S/C18H25N3O/c1-14-11-15(2)17(12-14)19-8-4-6-10-22-18-13-16-7-3-5-9-21(16)20-18/h3,5,7,9,11,13-14,17,19H,4,6,8,10,12H2,1-2H3. The normalized spacial score (nSPS) is 21.3. The van der Waals surface area contributed by atoms with Crippen molar-refractivity contribution in [3.63, 3.8) is 0 Å². The molecule has 4 nitrogen and oxygen atoms in total. The number of rotatable bonds is 7. The highest BCUT2D eigenvalue weighted by Gasteiger charge is 2.19. The minimum absolute atomic E-state index is 0.578. The molecule has 0 saturated heterocycles. The van der Waals surface area contributed by atoms with E-state index < -0.39 is 0 Å². The predicted octanol–water partition coefficient (Wildman–Crippen LogP) is 3.44. The van der Waals surface area contributed by atoms with E-state index >= 15 is 0 Å². The molecule has 2 unspecified atom stereocenters. The number of nitrogens with one attached hydrogen (secondary N) is 1. The van der Waals surface area contributed by atoms with Gasteiger partial charge in [-0.3, -0.25) is 0 Å². The van der Waals surface area contributed by atoms with Crippen LogP contribution in [0.2, 0.25) is 0 Å². The summed E-state index contributed by atoms with van der Waals surface area (Å²) in [6, 6.07) is 8.56. The summed E-state index contributed by atoms with van der Waals surface area (Å²) in [6.07, 6.45) is 7.73. The quantitative estimate of drug-likeness (QED) is 0.629. The molecule has 2 atom stereocenters. The summed E-state index contributed by atoms with van der Waals surface area (Å²) in [5.41, 5.74) is 2.56. The van der Waals surface area contributed by atoms with E-state index in [2.05, 4.69) is 30.3 Å². The molecule has 0 spiro atoms. The average Bonchev–Trinajstić information content (AvgIpc) is 3.05. The summed E-state index contributed by atoms with van der Waals surface area (Å²) in [4.78, 5) is 0. The van der Waals surface area contributed by atoms with E-state index in [-0.39, 0.29) is 0 Å². The first-order valence-corrected chi connectivity index (χ1v) is 8.21. The van der Waals surface area contributed by atoms with Crippen LogP contribution in [0.4, 0.5) is 0 Å². The highest BCUT2D eigenvalue weighted by molar-refractivity contribution is 5.48. The van der Waals surface area contributed by atoms with Crippen LogP contribution in [0, 0.1) is 5.92 Å². The van der Waals surface area contributed by atoms with Crippen LogP contribution in [-0.4, -0.2) is 28.8 Å². The molecule has 0 saturated carbocycles. The first-order valence-electron chi connectivity index (χ1n) is 8.21. The zero-order chi connectivity index (χ0) is 15.4. The van der Waals surface area contributed by atoms with Gasteiger partial charge in [-0.05, 0) is 50.8 Å². The molecule has 1 aliphatic rings. The Hall–Kier alpha value is -1.81. The third-order valence-corrected chi connectivity index (χ3v) is 4.26. The molecule has 118 valence electrons. The summed E-state index contributed by atoms with van der Waals surface area (Å²) in [7, 11) is 0. The van der Waals surface area contributed by atoms with Crippen molar-refractivity contribution in [3.8, 4) is 5.88 Å². The fourth-order valence-electron chi connectivity index (χ4n) is 3.10. The lowest BCUT2D eigenvalue weighted by Gasteiger charge is -2.14. The van der Waals surface area contributed by atoms with Gasteiger partial charge in [0.1, 0.15) is 0 Å². The van der Waals surface area contributed by atoms with Crippen LogP contribution in [0.5, 0.6) is 5.88 Å². The molecule has 2 aromatic heterocycles. The second-order valence-corrected chi connectivity index (χ2v) is 6.24. The number of hydrogen-bond acceptors (Lipinski definition) is 3. The highest BCUT2D eigenvalue weighted by Crippen LogP contribution is 2.23. The van der Waals surface area contributed by atoms with Crippen molar-refractivity contribution in [2.75, 3.05) is 13.2 Å². The van der Waals surface area contributed by atoms with Gasteiger partial charge in [0.25, 0.3) is 0 Å². The van der Waals surface area contributed by atoms with E-state index in [1.165, 1.54) is 12.0 Å². The van der Waals surface area contributed by atoms with Crippen LogP contribution >= 0.6 is 0 Å². The summed E-state index contributed by atoms with van der Waals surface area (Å²) in [6.45, 7) is 6.29. The molecule has 2 heterocycles. The molecule has 2 aromatic rings. The number of fused-ring (bicyclic) bond motifs is 1. The van der Waals surface area contributed by atoms with Crippen molar-refractivity contribution in [1.82, 2.24) is 14.9 Å². The maximum atomic E-state index is 5.73. The Labute approximate surface area is 132 Å². The second-order valence-electron chi connectivity index (χ2n) is 6.24. The number of allylic oxidation sites excluding steroid dienone is 1. The highest BCUT2D eigenvalue weighted by atomic mass is 16.5. The molecule has 22 heavy (non-hydrogen) atoms. The topological polar surface area (TPSA) is 38.6 Å². The molecular formula is C18H25N3O. The summed E-state index contributed by atoms with van der Waals surface area (Å²) < 4.78 is 7.57. The summed E-state index contributed by atoms with van der Waals surface area (Å²) in [5.74, 6) is 1.43. The van der Waals surface area contributed by atoms with Crippen LogP contribution in [0.15, 0.2) is 42.1 Å². The lowest BCUT2D eigenvalue weighted by molar-refractivity contribution is 0.292. The van der Waals surface area contributed by atoms with E-state index in [4.69, 9.17) is 4.74 Å². The fraction of sp³-hybridized carbons (Fsp3) is 0.500. The Bertz CT molecular complexity index is 614. The Morgan fingerprint density at radius 1 is 1.36 bits per heavy atom. The lowest BCUT2D eigenvalue weighted by Crippen LogP contribution is -2.29. The molecule has 0 aromatic carbocycles. The van der Waals surface area contributed by atoms with Crippen molar-refractivity contribution in [2.45, 2.75) is 39.2 Å². The van der Waals surface area contributed by atoms with E-state index in [1.807, 2.05) is 35.0 Å². The predicted molar refractivity (Wildman–Crippen MR) is 89.2 cm³/mol. The average molecular weight is 299 g/mol. The monoisotopic (exact) mass is 299 g/mol. The Kier molecular flexibility index (Phi) is 4.78. The maximum absolute atomic E-state index is 5.73. The minimum atomic E-state index is 0.578. The van der Waals surface area contributed by atoms with Crippen LogP contribution in [0.3, 0.4) is 0 Å². The van der Waals surface area contributed by atoms with Gasteiger partial charge in [-0.15, -0.1) is 5.10 Å². The second kappa shape index (κ2) is 6.97. The van der Waals surface area contributed by atoms with E-state index in [0.29, 0.717) is 11.9 Å². The van der Waals surface area contributed by atoms with Crippen LogP contribution in [0.25, 0.3) is 5.52 Å². The molecule has 0 bridgehead atoms. The molecule has 1 N–H and O–H groups in total. The minimum Gasteiger partial charge on any atom is -0.477 e. The summed E-state index contributed by atoms with van der Waals surface area (Å²) in [5, 5.41) is 8.02. The lowest BCUT2D eigenvalue weighted by atomic mass is 10.1. The Balaban J connectivity index is 1.33. The molecule has 0 fully saturated rings. The molecule has 4 heteroatoms. The first kappa shape index (κ1) is 15.1. The van der Waals surface area contributed by atoms with Gasteiger partial charge in [-0.25, -0.2) is 4.52 Å². The van der Waals surface area contributed by atoms with E-state index in [9.17, 15) is 0 Å². The maximum Gasteiger partial charge on any atom is 0.233 e. The van der Waals surface area contributed by atoms with Crippen molar-refractivity contribution < 1.29 is 4.74 Å². The van der Waals surface area contributed by atoms with Crippen molar-refractivity contribution in [3.05, 3.63) is 42.1 Å². The van der Waals surface area contributed by atoms with Crippen LogP contribution in [-0.2, 0) is 0 Å². The molecular weight excluding hydrogens is 274 g/mol. The van der Waals surface area contributed by atoms with Crippen molar-refractivity contribution in [2.24, 2.45) is 5.92 Å². The zero-order valence-corrected chi connectivity index (χ0v) is 13.5. The Morgan fingerprint density at radius 2 is 2.27 bits per heavy atom. The molecule has 3 rings (SSSR count). The van der Waals surface area contributed by atoms with Gasteiger partial charge in [0.05, 0.1) is 12.1 Å². The van der Waals surface area contributed by atoms with Crippen molar-refractivity contribution in [1.29, 1.82) is 0 Å². The van der Waals surface area contributed by atoms with Crippen molar-refractivity contribution >= 4 is 5.52 Å². The SMILES string of the molecule is CC1=CC(C)CC1NCCCCOc1cc2ccccn2n1. The number of hydrogen-bond donors (Lipinski definition) is 1. The van der Waals surface area contributed by atoms with Gasteiger partial charge in [-0.2, -0.15) is 0 Å². The number of nitrogens with zero attached hydrogens (tertiary/aromatic N) is 2. The molecule has 1 aliphatic carbocycles. The third-order valence-electron chi connectivity index (χ3n) is 4.26. The van der Waals surface area contributed by atoms with Gasteiger partial charge in [-0.1, -0.05) is 24.6 Å². The van der Waals surface area contributed by atoms with Gasteiger partial charge >= 0.3 is 0 Å². The molecule has 0 amide bonds. The zero-order valence-electron chi connectivity index (χ0n) is 13.5. The smallest absolute Gasteiger partial charge is 0.233 e. The number of ether oxygens (including phenoxy) is 1. The Morgan fingerprint density at radius 3 is 3.05 bits per heavy atom. The largest absolute Gasteiger partial charge is 0.477 e. The summed E-state index contributed by atoms with van der Waals surface area (Å²) >= 11 is 0. The van der Waals surface area contributed by atoms with Gasteiger partial charge in [0.15, 0.2) is 0 Å².